The van der Waals surface area contributed by atoms with E-state index in [9.17, 15) is 4.79 Å². The zero-order valence-corrected chi connectivity index (χ0v) is 17.2. The van der Waals surface area contributed by atoms with Crippen molar-refractivity contribution in [3.63, 3.8) is 0 Å². The largest absolute Gasteiger partial charge is 0.361 e. The molecular formula is C23H35N3O. The van der Waals surface area contributed by atoms with E-state index in [-0.39, 0.29) is 11.8 Å². The maximum absolute atomic E-state index is 12.3. The molecule has 148 valence electrons. The van der Waals surface area contributed by atoms with E-state index in [2.05, 4.69) is 47.4 Å². The number of amides is 1. The van der Waals surface area contributed by atoms with Crippen LogP contribution in [0.2, 0.25) is 0 Å². The first-order valence-corrected chi connectivity index (χ1v) is 10.7. The van der Waals surface area contributed by atoms with Gasteiger partial charge in [0.2, 0.25) is 5.91 Å². The van der Waals surface area contributed by atoms with Gasteiger partial charge in [0.05, 0.1) is 0 Å². The van der Waals surface area contributed by atoms with E-state index in [1.807, 2.05) is 13.0 Å². The predicted octanol–water partition coefficient (Wildman–Crippen LogP) is 5.21. The number of hydrogen-bond donors (Lipinski definition) is 2. The van der Waals surface area contributed by atoms with Crippen molar-refractivity contribution < 1.29 is 4.79 Å². The lowest BCUT2D eigenvalue weighted by Crippen LogP contribution is -2.29. The average Bonchev–Trinajstić information content (AvgIpc) is 3.38. The van der Waals surface area contributed by atoms with E-state index in [1.54, 1.807) is 0 Å². The van der Waals surface area contributed by atoms with Gasteiger partial charge >= 0.3 is 0 Å². The van der Waals surface area contributed by atoms with E-state index >= 15 is 0 Å². The molecule has 1 fully saturated rings. The van der Waals surface area contributed by atoms with Gasteiger partial charge in [-0.25, -0.2) is 0 Å². The number of hydrogen-bond acceptors (Lipinski definition) is 2. The first kappa shape index (κ1) is 19.9. The number of carbonyl (C=O) groups is 1. The fraction of sp³-hybridized carbons (Fsp3) is 0.609. The van der Waals surface area contributed by atoms with Gasteiger partial charge in [-0.2, -0.15) is 0 Å². The Morgan fingerprint density at radius 2 is 2.07 bits per heavy atom. The highest BCUT2D eigenvalue weighted by Crippen LogP contribution is 2.30. The molecule has 1 aliphatic carbocycles. The fourth-order valence-corrected chi connectivity index (χ4v) is 3.85. The predicted molar refractivity (Wildman–Crippen MR) is 114 cm³/mol. The van der Waals surface area contributed by atoms with Gasteiger partial charge in [-0.3, -0.25) is 4.79 Å². The molecule has 1 amide bonds. The molecule has 0 saturated heterocycles. The van der Waals surface area contributed by atoms with Gasteiger partial charge in [0, 0.05) is 41.8 Å². The molecule has 0 spiro atoms. The van der Waals surface area contributed by atoms with Crippen LogP contribution in [0.1, 0.15) is 58.4 Å². The van der Waals surface area contributed by atoms with Crippen molar-refractivity contribution in [3.05, 3.63) is 30.0 Å². The van der Waals surface area contributed by atoms with Gasteiger partial charge < -0.3 is 15.2 Å². The number of anilines is 1. The van der Waals surface area contributed by atoms with Gasteiger partial charge in [0.1, 0.15) is 0 Å². The van der Waals surface area contributed by atoms with Gasteiger partial charge in [0.25, 0.3) is 0 Å². The minimum atomic E-state index is 0.0569. The van der Waals surface area contributed by atoms with E-state index in [4.69, 9.17) is 0 Å². The maximum atomic E-state index is 12.3. The Balaban J connectivity index is 1.66. The van der Waals surface area contributed by atoms with E-state index in [1.165, 1.54) is 43.3 Å². The number of benzene rings is 1. The second kappa shape index (κ2) is 9.41. The van der Waals surface area contributed by atoms with Crippen LogP contribution in [-0.4, -0.2) is 35.4 Å². The van der Waals surface area contributed by atoms with Crippen LogP contribution in [-0.2, 0) is 11.2 Å². The van der Waals surface area contributed by atoms with E-state index in [0.29, 0.717) is 0 Å². The molecule has 27 heavy (non-hydrogen) atoms. The number of H-pyrrole nitrogens is 1. The number of aromatic nitrogens is 1. The lowest BCUT2D eigenvalue weighted by molar-refractivity contribution is -0.119. The van der Waals surface area contributed by atoms with Crippen LogP contribution < -0.4 is 5.32 Å². The van der Waals surface area contributed by atoms with E-state index < -0.39 is 0 Å². The molecule has 0 bridgehead atoms. The lowest BCUT2D eigenvalue weighted by Gasteiger charge is -2.21. The van der Waals surface area contributed by atoms with Crippen molar-refractivity contribution in [3.8, 4) is 0 Å². The summed E-state index contributed by atoms with van der Waals surface area (Å²) in [4.78, 5) is 18.3. The number of nitrogens with zero attached hydrogens (tertiary/aromatic N) is 1. The number of carbonyl (C=O) groups excluding carboxylic acids is 1. The van der Waals surface area contributed by atoms with Crippen molar-refractivity contribution >= 4 is 22.5 Å². The van der Waals surface area contributed by atoms with Crippen molar-refractivity contribution in [2.45, 2.75) is 59.3 Å². The third-order valence-electron chi connectivity index (χ3n) is 5.65. The molecule has 1 aromatic heterocycles. The fourth-order valence-electron chi connectivity index (χ4n) is 3.85. The summed E-state index contributed by atoms with van der Waals surface area (Å²) in [6, 6.07) is 6.20. The highest BCUT2D eigenvalue weighted by Gasteiger charge is 2.23. The van der Waals surface area contributed by atoms with E-state index in [0.717, 1.165) is 42.9 Å². The molecule has 1 atom stereocenters. The molecule has 4 heteroatoms. The molecule has 0 radical (unpaired) electrons. The lowest BCUT2D eigenvalue weighted by atomic mass is 10.0. The molecule has 1 aromatic carbocycles. The Hall–Kier alpha value is -1.81. The van der Waals surface area contributed by atoms with Crippen molar-refractivity contribution in [1.29, 1.82) is 0 Å². The van der Waals surface area contributed by atoms with Crippen LogP contribution in [0.3, 0.4) is 0 Å². The Morgan fingerprint density at radius 3 is 2.78 bits per heavy atom. The molecular weight excluding hydrogens is 334 g/mol. The number of rotatable bonds is 11. The highest BCUT2D eigenvalue weighted by molar-refractivity contribution is 5.95. The summed E-state index contributed by atoms with van der Waals surface area (Å²) in [6.07, 6.45) is 9.18. The number of aromatic amines is 1. The van der Waals surface area contributed by atoms with Crippen molar-refractivity contribution in [2.75, 3.05) is 25.0 Å². The summed E-state index contributed by atoms with van der Waals surface area (Å²) in [5.41, 5.74) is 3.40. The average molecular weight is 370 g/mol. The Bertz CT molecular complexity index is 747. The quantitative estimate of drug-likeness (QED) is 0.571. The summed E-state index contributed by atoms with van der Waals surface area (Å²) in [5, 5.41) is 4.33. The molecule has 1 heterocycles. The summed E-state index contributed by atoms with van der Waals surface area (Å²) < 4.78 is 0. The van der Waals surface area contributed by atoms with Crippen LogP contribution in [0.25, 0.3) is 10.9 Å². The SMILES string of the molecule is CCCC(C)C(=O)Nc1ccc2[nH]cc(CCN(CCC)CC3CC3)c2c1. The Labute approximate surface area is 163 Å². The minimum absolute atomic E-state index is 0.0569. The second-order valence-corrected chi connectivity index (χ2v) is 8.25. The molecule has 2 N–H and O–H groups in total. The monoisotopic (exact) mass is 369 g/mol. The molecule has 1 unspecified atom stereocenters. The smallest absolute Gasteiger partial charge is 0.227 e. The minimum Gasteiger partial charge on any atom is -0.361 e. The summed E-state index contributed by atoms with van der Waals surface area (Å²) in [5.74, 6) is 1.11. The van der Waals surface area contributed by atoms with Crippen molar-refractivity contribution in [2.24, 2.45) is 11.8 Å². The Kier molecular flexibility index (Phi) is 6.95. The normalized spacial score (nSPS) is 15.4. The van der Waals surface area contributed by atoms with Gasteiger partial charge in [0.15, 0.2) is 0 Å². The molecule has 4 nitrogen and oxygen atoms in total. The zero-order chi connectivity index (χ0) is 19.2. The maximum Gasteiger partial charge on any atom is 0.227 e. The Morgan fingerprint density at radius 1 is 1.26 bits per heavy atom. The van der Waals surface area contributed by atoms with Crippen LogP contribution in [0.4, 0.5) is 5.69 Å². The number of fused-ring (bicyclic) bond motifs is 1. The highest BCUT2D eigenvalue weighted by atomic mass is 16.1. The zero-order valence-electron chi connectivity index (χ0n) is 17.2. The van der Waals surface area contributed by atoms with Crippen LogP contribution in [0, 0.1) is 11.8 Å². The summed E-state index contributed by atoms with van der Waals surface area (Å²) in [7, 11) is 0. The van der Waals surface area contributed by atoms with Crippen LogP contribution in [0.5, 0.6) is 0 Å². The van der Waals surface area contributed by atoms with Crippen molar-refractivity contribution in [1.82, 2.24) is 9.88 Å². The standard InChI is InChI=1S/C23H35N3O/c1-4-6-17(3)23(27)25-20-9-10-22-21(14-20)19(15-24-22)11-13-26(12-5-2)16-18-7-8-18/h9-10,14-15,17-18,24H,4-8,11-13,16H2,1-3H3,(H,25,27). The van der Waals surface area contributed by atoms with Gasteiger partial charge in [-0.1, -0.05) is 27.2 Å². The molecule has 3 rings (SSSR count). The van der Waals surface area contributed by atoms with Crippen LogP contribution in [0.15, 0.2) is 24.4 Å². The first-order valence-electron chi connectivity index (χ1n) is 10.7. The van der Waals surface area contributed by atoms with Gasteiger partial charge in [-0.05, 0) is 68.3 Å². The van der Waals surface area contributed by atoms with Crippen LogP contribution >= 0.6 is 0 Å². The summed E-state index contributed by atoms with van der Waals surface area (Å²) in [6.45, 7) is 9.94. The molecule has 0 aliphatic heterocycles. The number of nitrogens with one attached hydrogen (secondary N) is 2. The first-order chi connectivity index (χ1) is 13.1. The molecule has 1 aliphatic rings. The third-order valence-corrected chi connectivity index (χ3v) is 5.65. The topological polar surface area (TPSA) is 48.1 Å². The third kappa shape index (κ3) is 5.58. The van der Waals surface area contributed by atoms with Gasteiger partial charge in [-0.15, -0.1) is 0 Å². The molecule has 1 saturated carbocycles. The molecule has 2 aromatic rings. The second-order valence-electron chi connectivity index (χ2n) is 8.25. The summed E-state index contributed by atoms with van der Waals surface area (Å²) >= 11 is 0.